The van der Waals surface area contributed by atoms with Gasteiger partial charge >= 0.3 is 0 Å². The molecule has 0 N–H and O–H groups in total. The summed E-state index contributed by atoms with van der Waals surface area (Å²) in [5.41, 5.74) is 3.89. The molecule has 2 aromatic rings. The maximum Gasteiger partial charge on any atom is 0.226 e. The number of hydrogen-bond donors (Lipinski definition) is 0. The molecule has 1 unspecified atom stereocenters. The van der Waals surface area contributed by atoms with Crippen LogP contribution in [0.2, 0.25) is 0 Å². The van der Waals surface area contributed by atoms with Crippen molar-refractivity contribution in [3.63, 3.8) is 0 Å². The van der Waals surface area contributed by atoms with E-state index in [1.807, 2.05) is 54.6 Å². The smallest absolute Gasteiger partial charge is 0.226 e. The monoisotopic (exact) mass is 289 g/mol. The SMILES string of the molecule is CC1C=C[N+]([O-])=C(c2ccccc2)/C(=C\c2ccccc2)C1. The second-order valence-corrected chi connectivity index (χ2v) is 5.64. The minimum Gasteiger partial charge on any atom is -0.618 e. The molecule has 1 heterocycles. The fourth-order valence-corrected chi connectivity index (χ4v) is 2.74. The topological polar surface area (TPSA) is 26.1 Å². The Morgan fingerprint density at radius 1 is 1.00 bits per heavy atom. The first-order chi connectivity index (χ1) is 10.7. The number of benzene rings is 2. The molecule has 110 valence electrons. The van der Waals surface area contributed by atoms with Crippen molar-refractivity contribution in [1.29, 1.82) is 0 Å². The van der Waals surface area contributed by atoms with Crippen molar-refractivity contribution in [1.82, 2.24) is 0 Å². The van der Waals surface area contributed by atoms with Crippen molar-refractivity contribution in [2.45, 2.75) is 13.3 Å². The Labute approximate surface area is 131 Å². The van der Waals surface area contributed by atoms with Gasteiger partial charge < -0.3 is 5.21 Å². The minimum absolute atomic E-state index is 0.340. The maximum atomic E-state index is 12.5. The summed E-state index contributed by atoms with van der Waals surface area (Å²) in [4.78, 5) is 0. The lowest BCUT2D eigenvalue weighted by molar-refractivity contribution is -0.377. The van der Waals surface area contributed by atoms with Gasteiger partial charge in [-0.3, -0.25) is 0 Å². The molecule has 0 radical (unpaired) electrons. The highest BCUT2D eigenvalue weighted by Gasteiger charge is 2.22. The fraction of sp³-hybridized carbons (Fsp3) is 0.150. The van der Waals surface area contributed by atoms with Crippen LogP contribution in [-0.4, -0.2) is 10.5 Å². The lowest BCUT2D eigenvalue weighted by Gasteiger charge is -2.11. The average molecular weight is 289 g/mol. The van der Waals surface area contributed by atoms with Gasteiger partial charge in [-0.15, -0.1) is 0 Å². The van der Waals surface area contributed by atoms with E-state index in [1.165, 1.54) is 0 Å². The summed E-state index contributed by atoms with van der Waals surface area (Å²) in [7, 11) is 0. The summed E-state index contributed by atoms with van der Waals surface area (Å²) in [6.45, 7) is 2.14. The van der Waals surface area contributed by atoms with E-state index in [9.17, 15) is 5.21 Å². The zero-order valence-corrected chi connectivity index (χ0v) is 12.6. The van der Waals surface area contributed by atoms with Crippen molar-refractivity contribution in [3.05, 3.63) is 94.8 Å². The molecule has 3 rings (SSSR count). The number of nitrogens with zero attached hydrogens (tertiary/aromatic N) is 1. The van der Waals surface area contributed by atoms with E-state index >= 15 is 0 Å². The third-order valence-corrected chi connectivity index (χ3v) is 3.80. The van der Waals surface area contributed by atoms with Crippen molar-refractivity contribution < 1.29 is 4.74 Å². The van der Waals surface area contributed by atoms with Crippen LogP contribution in [0.4, 0.5) is 0 Å². The Kier molecular flexibility index (Phi) is 4.19. The average Bonchev–Trinajstić information content (AvgIpc) is 2.68. The highest BCUT2D eigenvalue weighted by atomic mass is 16.5. The van der Waals surface area contributed by atoms with Crippen molar-refractivity contribution in [3.8, 4) is 0 Å². The van der Waals surface area contributed by atoms with Crippen molar-refractivity contribution >= 4 is 11.8 Å². The quantitative estimate of drug-likeness (QED) is 0.585. The maximum absolute atomic E-state index is 12.5. The lowest BCUT2D eigenvalue weighted by atomic mass is 9.93. The van der Waals surface area contributed by atoms with E-state index in [0.29, 0.717) is 5.92 Å². The van der Waals surface area contributed by atoms with E-state index in [-0.39, 0.29) is 0 Å². The van der Waals surface area contributed by atoms with Crippen LogP contribution in [0, 0.1) is 11.1 Å². The van der Waals surface area contributed by atoms with Crippen LogP contribution in [0.3, 0.4) is 0 Å². The van der Waals surface area contributed by atoms with Gasteiger partial charge in [0, 0.05) is 11.1 Å². The Hall–Kier alpha value is -2.61. The lowest BCUT2D eigenvalue weighted by Crippen LogP contribution is -2.15. The first kappa shape index (κ1) is 14.3. The van der Waals surface area contributed by atoms with Gasteiger partial charge in [-0.25, -0.2) is 0 Å². The molecule has 1 atom stereocenters. The van der Waals surface area contributed by atoms with E-state index in [0.717, 1.165) is 33.6 Å². The van der Waals surface area contributed by atoms with Gasteiger partial charge in [-0.1, -0.05) is 55.5 Å². The Morgan fingerprint density at radius 2 is 1.64 bits per heavy atom. The van der Waals surface area contributed by atoms with Gasteiger partial charge in [0.1, 0.15) is 0 Å². The molecule has 0 saturated carbocycles. The molecule has 2 heteroatoms. The zero-order valence-electron chi connectivity index (χ0n) is 12.6. The molecular formula is C20H19NO. The summed E-state index contributed by atoms with van der Waals surface area (Å²) in [5.74, 6) is 0.340. The van der Waals surface area contributed by atoms with Crippen LogP contribution in [0.1, 0.15) is 24.5 Å². The van der Waals surface area contributed by atoms with E-state index < -0.39 is 0 Å². The highest BCUT2D eigenvalue weighted by Crippen LogP contribution is 2.24. The summed E-state index contributed by atoms with van der Waals surface area (Å²) >= 11 is 0. The first-order valence-corrected chi connectivity index (χ1v) is 7.57. The Bertz CT molecular complexity index is 727. The second-order valence-electron chi connectivity index (χ2n) is 5.64. The predicted octanol–water partition coefficient (Wildman–Crippen LogP) is 4.62. The van der Waals surface area contributed by atoms with Crippen LogP contribution >= 0.6 is 0 Å². The van der Waals surface area contributed by atoms with Crippen LogP contribution in [0.15, 0.2) is 78.5 Å². The molecular weight excluding hydrogens is 270 g/mol. The van der Waals surface area contributed by atoms with Crippen molar-refractivity contribution in [2.24, 2.45) is 5.92 Å². The molecule has 0 bridgehead atoms. The number of hydrogen-bond acceptors (Lipinski definition) is 1. The van der Waals surface area contributed by atoms with Crippen LogP contribution in [0.25, 0.3) is 6.08 Å². The van der Waals surface area contributed by atoms with E-state index in [2.05, 4.69) is 25.1 Å². The van der Waals surface area contributed by atoms with Crippen LogP contribution in [0.5, 0.6) is 0 Å². The minimum atomic E-state index is 0.340. The van der Waals surface area contributed by atoms with Crippen LogP contribution < -0.4 is 0 Å². The van der Waals surface area contributed by atoms with Gasteiger partial charge in [0.25, 0.3) is 0 Å². The molecule has 0 aliphatic carbocycles. The fourth-order valence-electron chi connectivity index (χ4n) is 2.74. The van der Waals surface area contributed by atoms with Gasteiger partial charge in [-0.05, 0) is 42.2 Å². The van der Waals surface area contributed by atoms with Crippen LogP contribution in [-0.2, 0) is 0 Å². The summed E-state index contributed by atoms with van der Waals surface area (Å²) in [6, 6.07) is 20.0. The number of rotatable bonds is 2. The molecule has 0 aromatic heterocycles. The van der Waals surface area contributed by atoms with Gasteiger partial charge in [0.05, 0.1) is 0 Å². The standard InChI is InChI=1S/C20H19NO/c1-16-12-13-21(22)20(18-10-6-3-7-11-18)19(14-16)15-17-8-4-2-5-9-17/h2-13,15-16H,14H2,1H3/b19-15-. The summed E-state index contributed by atoms with van der Waals surface area (Å²) in [5, 5.41) is 12.5. The summed E-state index contributed by atoms with van der Waals surface area (Å²) < 4.78 is 0.994. The third kappa shape index (κ3) is 3.17. The van der Waals surface area contributed by atoms with Gasteiger partial charge in [-0.2, -0.15) is 4.74 Å². The third-order valence-electron chi connectivity index (χ3n) is 3.80. The van der Waals surface area contributed by atoms with Gasteiger partial charge in [0.2, 0.25) is 5.71 Å². The molecule has 0 fully saturated rings. The van der Waals surface area contributed by atoms with E-state index in [1.54, 1.807) is 6.20 Å². The summed E-state index contributed by atoms with van der Waals surface area (Å²) in [6.07, 6.45) is 6.59. The molecule has 2 nitrogen and oxygen atoms in total. The zero-order chi connectivity index (χ0) is 15.4. The molecule has 0 spiro atoms. The molecule has 0 saturated heterocycles. The first-order valence-electron chi connectivity index (χ1n) is 7.57. The molecule has 0 amide bonds. The number of hydroxylamine groups is 1. The van der Waals surface area contributed by atoms with Crippen molar-refractivity contribution in [2.75, 3.05) is 0 Å². The largest absolute Gasteiger partial charge is 0.618 e. The normalized spacial score (nSPS) is 20.2. The number of allylic oxidation sites excluding steroid dienone is 2. The Balaban J connectivity index is 2.12. The molecule has 2 aromatic carbocycles. The molecule has 22 heavy (non-hydrogen) atoms. The highest BCUT2D eigenvalue weighted by molar-refractivity contribution is 6.12. The van der Waals surface area contributed by atoms with Gasteiger partial charge in [0.15, 0.2) is 6.20 Å². The second kappa shape index (κ2) is 6.44. The molecule has 1 aliphatic rings. The molecule has 1 aliphatic heterocycles. The Morgan fingerprint density at radius 3 is 2.32 bits per heavy atom. The van der Waals surface area contributed by atoms with E-state index in [4.69, 9.17) is 0 Å². The predicted molar refractivity (Wildman–Crippen MR) is 91.5 cm³/mol.